The van der Waals surface area contributed by atoms with Crippen LogP contribution in [0.2, 0.25) is 5.02 Å². The maximum Gasteiger partial charge on any atom is 0.338 e. The Balaban J connectivity index is 1.45. The van der Waals surface area contributed by atoms with Crippen LogP contribution in [0.15, 0.2) is 64.2 Å². The number of anilines is 1. The maximum atomic E-state index is 14.6. The average Bonchev–Trinajstić information content (AvgIpc) is 3.54. The van der Waals surface area contributed by atoms with Gasteiger partial charge in [0, 0.05) is 47.5 Å². The molecule has 3 aromatic rings. The zero-order valence-electron chi connectivity index (χ0n) is 24.8. The van der Waals surface area contributed by atoms with E-state index in [0.29, 0.717) is 48.0 Å². The van der Waals surface area contributed by atoms with Crippen molar-refractivity contribution in [3.63, 3.8) is 0 Å². The third-order valence-corrected chi connectivity index (χ3v) is 8.50. The molecule has 1 saturated heterocycles. The zero-order chi connectivity index (χ0) is 31.6. The highest BCUT2D eigenvalue weighted by molar-refractivity contribution is 7.11. The minimum atomic E-state index is -1.20. The molecule has 232 valence electrons. The van der Waals surface area contributed by atoms with Crippen LogP contribution >= 0.6 is 22.9 Å². The number of ether oxygens (including phenoxy) is 2. The van der Waals surface area contributed by atoms with E-state index in [1.165, 1.54) is 17.4 Å². The van der Waals surface area contributed by atoms with Crippen molar-refractivity contribution in [3.05, 3.63) is 92.0 Å². The molecule has 44 heavy (non-hydrogen) atoms. The Morgan fingerprint density at radius 1 is 1.09 bits per heavy atom. The van der Waals surface area contributed by atoms with Crippen molar-refractivity contribution >= 4 is 46.4 Å². The predicted molar refractivity (Wildman–Crippen MR) is 166 cm³/mol. The number of allylic oxidation sites excluding steroid dienone is 1. The summed E-state index contributed by atoms with van der Waals surface area (Å²) in [5.41, 5.74) is 1.83. The molecule has 2 aliphatic heterocycles. The quantitative estimate of drug-likeness (QED) is 0.222. The molecule has 2 aliphatic rings. The van der Waals surface area contributed by atoms with Crippen LogP contribution in [0.25, 0.3) is 0 Å². The lowest BCUT2D eigenvalue weighted by Gasteiger charge is -2.37. The van der Waals surface area contributed by atoms with Gasteiger partial charge < -0.3 is 19.7 Å². The minimum absolute atomic E-state index is 0.108. The first kappa shape index (κ1) is 31.6. The van der Waals surface area contributed by atoms with Gasteiger partial charge in [0.05, 0.1) is 22.8 Å². The molecule has 0 amide bonds. The maximum absolute atomic E-state index is 14.6. The summed E-state index contributed by atoms with van der Waals surface area (Å²) in [6, 6.07) is 8.60. The number of amidine groups is 1. The number of hydrogen-bond acceptors (Lipinski definition) is 9. The number of carbonyl (C=O) groups excluding carboxylic acids is 2. The molecule has 12 heteroatoms. The van der Waals surface area contributed by atoms with Gasteiger partial charge >= 0.3 is 11.9 Å². The molecule has 0 aliphatic carbocycles. The largest absolute Gasteiger partial charge is 0.463 e. The van der Waals surface area contributed by atoms with Gasteiger partial charge in [0.1, 0.15) is 11.6 Å². The molecule has 8 nitrogen and oxygen atoms in total. The molecule has 5 rings (SSSR count). The second-order valence-corrected chi connectivity index (χ2v) is 12.7. The third-order valence-electron chi connectivity index (χ3n) is 7.34. The van der Waals surface area contributed by atoms with Gasteiger partial charge in [-0.25, -0.2) is 23.4 Å². The topological polar surface area (TPSA) is 93.1 Å². The smallest absolute Gasteiger partial charge is 0.338 e. The van der Waals surface area contributed by atoms with E-state index in [9.17, 15) is 18.4 Å². The molecule has 0 radical (unpaired) electrons. The molecule has 3 heterocycles. The highest BCUT2D eigenvalue weighted by Crippen LogP contribution is 2.41. The summed E-state index contributed by atoms with van der Waals surface area (Å²) in [5, 5.41) is 5.29. The van der Waals surface area contributed by atoms with Crippen LogP contribution < -0.4 is 10.2 Å². The van der Waals surface area contributed by atoms with Gasteiger partial charge in [-0.1, -0.05) is 17.7 Å². The molecule has 1 atom stereocenters. The summed E-state index contributed by atoms with van der Waals surface area (Å²) in [4.78, 5) is 37.3. The Morgan fingerprint density at radius 3 is 2.41 bits per heavy atom. The van der Waals surface area contributed by atoms with Crippen LogP contribution in [0, 0.1) is 17.6 Å². The van der Waals surface area contributed by atoms with Crippen LogP contribution in [0.1, 0.15) is 67.5 Å². The molecular weight excluding hydrogens is 610 g/mol. The fraction of sp³-hybridized carbons (Fsp3) is 0.375. The van der Waals surface area contributed by atoms with Gasteiger partial charge in [-0.3, -0.25) is 4.99 Å². The molecule has 1 unspecified atom stereocenters. The molecule has 0 bridgehead atoms. The van der Waals surface area contributed by atoms with Crippen LogP contribution in [0.4, 0.5) is 14.5 Å². The summed E-state index contributed by atoms with van der Waals surface area (Å²) >= 11 is 7.66. The van der Waals surface area contributed by atoms with E-state index in [2.05, 4.69) is 15.2 Å². The van der Waals surface area contributed by atoms with Crippen LogP contribution in [0.3, 0.4) is 0 Å². The highest BCUT2D eigenvalue weighted by Gasteiger charge is 2.38. The minimum Gasteiger partial charge on any atom is -0.463 e. The number of rotatable bonds is 7. The van der Waals surface area contributed by atoms with Crippen molar-refractivity contribution < 1.29 is 27.8 Å². The highest BCUT2D eigenvalue weighted by atomic mass is 35.5. The number of esters is 2. The Kier molecular flexibility index (Phi) is 9.36. The number of carbonyl (C=O) groups is 2. The van der Waals surface area contributed by atoms with Crippen molar-refractivity contribution in [3.8, 4) is 0 Å². The predicted octanol–water partition coefficient (Wildman–Crippen LogP) is 6.85. The van der Waals surface area contributed by atoms with E-state index >= 15 is 0 Å². The van der Waals surface area contributed by atoms with Crippen LogP contribution in [-0.2, 0) is 14.3 Å². The normalized spacial score (nSPS) is 17.7. The van der Waals surface area contributed by atoms with Crippen LogP contribution in [0.5, 0.6) is 0 Å². The molecule has 2 aromatic carbocycles. The first-order chi connectivity index (χ1) is 21.0. The SMILES string of the molecule is CCOC(=O)C1=C(C2CCN(c3ccc(C(=O)OC(C)(C)C)cc3)CC2)NC(c2nccs2)=NC1c1ccc(F)c(F)c1Cl. The lowest BCUT2D eigenvalue weighted by molar-refractivity contribution is -0.139. The number of benzene rings is 2. The Labute approximate surface area is 263 Å². The molecule has 1 aromatic heterocycles. The van der Waals surface area contributed by atoms with Gasteiger partial charge in [-0.05, 0) is 70.9 Å². The number of aromatic nitrogens is 1. The third kappa shape index (κ3) is 6.78. The van der Waals surface area contributed by atoms with Gasteiger partial charge in [0.2, 0.25) is 0 Å². The zero-order valence-corrected chi connectivity index (χ0v) is 26.4. The summed E-state index contributed by atoms with van der Waals surface area (Å²) in [5.74, 6) is -2.98. The number of nitrogens with zero attached hydrogens (tertiary/aromatic N) is 3. The van der Waals surface area contributed by atoms with E-state index < -0.39 is 34.3 Å². The monoisotopic (exact) mass is 642 g/mol. The van der Waals surface area contributed by atoms with Crippen molar-refractivity contribution in [2.75, 3.05) is 24.6 Å². The number of nitrogens with one attached hydrogen (secondary N) is 1. The van der Waals surface area contributed by atoms with E-state index in [4.69, 9.17) is 26.1 Å². The van der Waals surface area contributed by atoms with Gasteiger partial charge in [-0.15, -0.1) is 11.3 Å². The van der Waals surface area contributed by atoms with Gasteiger partial charge in [-0.2, -0.15) is 0 Å². The van der Waals surface area contributed by atoms with E-state index in [1.807, 2.05) is 32.9 Å². The molecule has 1 N–H and O–H groups in total. The van der Waals surface area contributed by atoms with E-state index in [1.54, 1.807) is 30.6 Å². The Hall–Kier alpha value is -3.83. The molecule has 0 saturated carbocycles. The van der Waals surface area contributed by atoms with Crippen molar-refractivity contribution in [1.29, 1.82) is 0 Å². The number of aliphatic imine (C=N–C) groups is 1. The molecule has 1 fully saturated rings. The molecule has 0 spiro atoms. The standard InChI is InChI=1S/C32H33ClF2N4O4S/c1-5-42-31(41)23-26(18-12-15-39(16-13-18)20-8-6-19(7-9-20)30(40)43-32(2,3)4)37-28(29-36-14-17-44-29)38-27(23)21-10-11-22(34)25(35)24(21)33/h6-11,14,17-18,27H,5,12-13,15-16H2,1-4H3,(H,37,38). The number of thiazole rings is 1. The van der Waals surface area contributed by atoms with E-state index in [0.717, 1.165) is 11.8 Å². The Morgan fingerprint density at radius 2 is 1.80 bits per heavy atom. The summed E-state index contributed by atoms with van der Waals surface area (Å²) in [7, 11) is 0. The van der Waals surface area contributed by atoms with Gasteiger partial charge in [0.15, 0.2) is 22.5 Å². The van der Waals surface area contributed by atoms with Crippen LogP contribution in [-0.4, -0.2) is 48.1 Å². The lowest BCUT2D eigenvalue weighted by atomic mass is 9.85. The number of hydrogen-bond donors (Lipinski definition) is 1. The first-order valence-electron chi connectivity index (χ1n) is 14.3. The fourth-order valence-electron chi connectivity index (χ4n) is 5.32. The van der Waals surface area contributed by atoms with Gasteiger partial charge in [0.25, 0.3) is 0 Å². The average molecular weight is 643 g/mol. The second kappa shape index (κ2) is 13.0. The Bertz CT molecular complexity index is 1600. The van der Waals surface area contributed by atoms with Crippen molar-refractivity contribution in [2.24, 2.45) is 10.9 Å². The fourth-order valence-corrected chi connectivity index (χ4v) is 6.16. The summed E-state index contributed by atoms with van der Waals surface area (Å²) < 4.78 is 39.6. The summed E-state index contributed by atoms with van der Waals surface area (Å²) in [6.07, 6.45) is 2.98. The lowest BCUT2D eigenvalue weighted by Crippen LogP contribution is -2.41. The molecular formula is C32H33ClF2N4O4S. The van der Waals surface area contributed by atoms with Crippen molar-refractivity contribution in [1.82, 2.24) is 10.3 Å². The number of piperidine rings is 1. The second-order valence-electron chi connectivity index (χ2n) is 11.5. The summed E-state index contributed by atoms with van der Waals surface area (Å²) in [6.45, 7) is 8.63. The van der Waals surface area contributed by atoms with E-state index in [-0.39, 0.29) is 29.6 Å². The first-order valence-corrected chi connectivity index (χ1v) is 15.6. The van der Waals surface area contributed by atoms with Crippen molar-refractivity contribution in [2.45, 2.75) is 52.2 Å². The number of halogens is 3.